The molecule has 0 aromatic heterocycles. The fraction of sp³-hybridized carbons (Fsp3) is 0.725. The Hall–Kier alpha value is -6.16. The summed E-state index contributed by atoms with van der Waals surface area (Å²) in [5.74, 6) is -7.66. The second-order valence-corrected chi connectivity index (χ2v) is 30.3. The van der Waals surface area contributed by atoms with Crippen molar-refractivity contribution in [2.45, 2.75) is 286 Å². The Kier molecular flexibility index (Phi) is 34.1. The van der Waals surface area contributed by atoms with Crippen LogP contribution in [0.1, 0.15) is 127 Å². The van der Waals surface area contributed by atoms with Crippen molar-refractivity contribution in [1.29, 1.82) is 0 Å². The third kappa shape index (κ3) is 25.4. The third-order valence-electron chi connectivity index (χ3n) is 18.9. The van der Waals surface area contributed by atoms with Gasteiger partial charge in [-0.1, -0.05) is 73.1 Å². The highest BCUT2D eigenvalue weighted by molar-refractivity contribution is 7.47. The van der Waals surface area contributed by atoms with Gasteiger partial charge < -0.3 is 146 Å². The van der Waals surface area contributed by atoms with Crippen molar-refractivity contribution in [2.24, 2.45) is 16.9 Å². The number of carbonyl (C=O) groups excluding carboxylic acids is 6. The maximum absolute atomic E-state index is 14.1. The van der Waals surface area contributed by atoms with Gasteiger partial charge in [-0.15, -0.1) is 0 Å². The zero-order valence-electron chi connectivity index (χ0n) is 62.2. The minimum atomic E-state index is -5.85. The lowest BCUT2D eigenvalue weighted by atomic mass is 9.85. The number of phosphoric acid groups is 1. The summed E-state index contributed by atoms with van der Waals surface area (Å²) in [5.41, 5.74) is 12.0. The predicted octanol–water partition coefficient (Wildman–Crippen LogP) is -2.03. The van der Waals surface area contributed by atoms with Crippen molar-refractivity contribution in [2.75, 3.05) is 26.4 Å². The fourth-order valence-electron chi connectivity index (χ4n) is 12.6. The Morgan fingerprint density at radius 3 is 1.88 bits per heavy atom. The molecule has 5 saturated heterocycles. The number of hydrogen-bond acceptors (Lipinski definition) is 32. The van der Waals surface area contributed by atoms with Gasteiger partial charge in [-0.3, -0.25) is 33.0 Å². The average Bonchev–Trinajstić information content (AvgIpc) is 1.80. The molecule has 5 fully saturated rings. The van der Waals surface area contributed by atoms with Gasteiger partial charge in [-0.05, 0) is 91.9 Å². The molecule has 1 aliphatic carbocycles. The van der Waals surface area contributed by atoms with Crippen LogP contribution in [-0.4, -0.2) is 293 Å². The van der Waals surface area contributed by atoms with Crippen molar-refractivity contribution < 1.29 is 165 Å². The standard InChI is InChI=1S/C69H108N5O34P/c1-30(2)15-14-17-31(3)18-19-33(5)22-25-68(9,10)24-13-12-16-32(4)23-26-96-41(61(90)91)29-98-109(94,95)108-66-56(57(107-67(71)92)69(11,93)58(106-66)59(70)88)105-63-44(73-36(8)77)47(82)54(40(101-63)28-97-64-51(86)48(83)45(80)39(27-75)100-64)103-62-43(72-35(7)76)46(81)53(34(6)99-62)102-65-52(87)49(84)50(85)55(104-65)60(89)74-42-37(78)20-21-38(42)79/h13,15,18,23-24,34,39-41,43-58,62-66,75,78,80-87,93H,5,12,14,16-17,19-22,25-29H2,1-4,6-11H3,(H2,70,88)(H2,71,92)(H,72,76)(H,73,77)(H,74,89)(H,90,91)(H,94,95)/b24-13+,31-18+,32-23-/t34-,39-,40-,41+,43-,44-,45+,46+,47-,48-,49-,50+,51-,52-,53+,54+,55+,56-,57+,58-,62-,63-,64+,65+,66+,69-/m0/s1. The van der Waals surface area contributed by atoms with Crippen molar-refractivity contribution in [3.05, 3.63) is 70.7 Å². The number of hydrogen-bond donors (Lipinski definition) is 18. The lowest BCUT2D eigenvalue weighted by Gasteiger charge is -2.52. The van der Waals surface area contributed by atoms with Crippen LogP contribution in [0.3, 0.4) is 0 Å². The number of rotatable bonds is 37. The second kappa shape index (κ2) is 40.5. The molecule has 109 heavy (non-hydrogen) atoms. The summed E-state index contributed by atoms with van der Waals surface area (Å²) in [6.45, 7) is 16.8. The van der Waals surface area contributed by atoms with Crippen LogP contribution in [0.15, 0.2) is 70.7 Å². The summed E-state index contributed by atoms with van der Waals surface area (Å²) in [6.07, 6.45) is -35.4. The topological polar surface area (TPSA) is 608 Å². The number of carboxylic acids is 1. The van der Waals surface area contributed by atoms with Gasteiger partial charge >= 0.3 is 19.9 Å². The first-order chi connectivity index (χ1) is 50.9. The minimum absolute atomic E-state index is 0.128. The van der Waals surface area contributed by atoms with E-state index in [1.807, 2.05) is 6.08 Å². The number of carboxylic acid groups (broad SMARTS) is 1. The Morgan fingerprint density at radius 1 is 0.716 bits per heavy atom. The third-order valence-corrected chi connectivity index (χ3v) is 19.9. The number of amides is 5. The number of nitrogens with one attached hydrogen (secondary N) is 3. The Morgan fingerprint density at radius 2 is 1.29 bits per heavy atom. The maximum atomic E-state index is 14.1. The molecule has 618 valence electrons. The van der Waals surface area contributed by atoms with E-state index in [2.05, 4.69) is 75.4 Å². The molecule has 0 aromatic rings. The average molecular weight is 1580 g/mol. The van der Waals surface area contributed by atoms with Crippen LogP contribution in [0.5, 0.6) is 0 Å². The normalized spacial score (nSPS) is 35.6. The molecule has 40 heteroatoms. The first kappa shape index (κ1) is 91.7. The highest BCUT2D eigenvalue weighted by atomic mass is 31.2. The molecule has 5 amide bonds. The van der Waals surface area contributed by atoms with E-state index in [1.54, 1.807) is 13.0 Å². The summed E-state index contributed by atoms with van der Waals surface area (Å²) < 4.78 is 88.9. The number of carbonyl (C=O) groups is 7. The van der Waals surface area contributed by atoms with E-state index in [9.17, 15) is 104 Å². The number of ether oxygens (including phenoxy) is 11. The number of primary amides is 2. The highest BCUT2D eigenvalue weighted by Gasteiger charge is 2.62. The van der Waals surface area contributed by atoms with Crippen molar-refractivity contribution in [1.82, 2.24) is 16.0 Å². The predicted molar refractivity (Wildman–Crippen MR) is 372 cm³/mol. The zero-order chi connectivity index (χ0) is 81.5. The molecule has 27 atom stereocenters. The van der Waals surface area contributed by atoms with Gasteiger partial charge in [0, 0.05) is 26.7 Å². The Labute approximate surface area is 628 Å². The molecule has 6 aliphatic rings. The summed E-state index contributed by atoms with van der Waals surface area (Å²) in [6, 6.07) is -4.00. The molecule has 0 aromatic carbocycles. The monoisotopic (exact) mass is 1580 g/mol. The molecule has 20 N–H and O–H groups in total. The summed E-state index contributed by atoms with van der Waals surface area (Å²) in [7, 11) is -5.85. The van der Waals surface area contributed by atoms with E-state index in [0.29, 0.717) is 12.8 Å². The quantitative estimate of drug-likeness (QED) is 0.0236. The number of ketones is 1. The molecule has 6 rings (SSSR count). The summed E-state index contributed by atoms with van der Waals surface area (Å²) in [4.78, 5) is 102. The maximum Gasteiger partial charge on any atom is 0.474 e. The molecule has 0 radical (unpaired) electrons. The SMILES string of the molecule is C=C(C/C=C(\C)CCC=C(C)C)CCC(C)(C)/C=C/CC/C(C)=C\CO[C@H](COP(=O)(O)O[C@H]1O[C@@H](C(N)=O)[C@@](C)(O)[C@H](OC(N)=O)[C@@H]1O[C@@H]1O[C@@H](CO[C@@H]2O[C@@H](CO)[C@@H](O)[C@H](O)[C@@H]2O)[C@@H](O[C@@H]2O[C@@H](C)[C@@H](O[C@@H]3O[C@@H](C(=O)NC4=C(O)CCC4=O)[C@H](O)[C@H](O)[C@@H]3O)[C@H](O)[C@@H]2NC(C)=O)[C@@H](O)[C@@H]1NC(C)=O)C(=O)O. The molecular weight excluding hydrogens is 1470 g/mol. The number of allylic oxidation sites excluding steroid dienone is 10. The highest BCUT2D eigenvalue weighted by Crippen LogP contribution is 2.49. The molecule has 5 aliphatic heterocycles. The van der Waals surface area contributed by atoms with Crippen LogP contribution in [-0.2, 0) is 94.5 Å². The molecule has 0 spiro atoms. The van der Waals surface area contributed by atoms with Gasteiger partial charge in [-0.25, -0.2) is 14.2 Å². The van der Waals surface area contributed by atoms with Gasteiger partial charge in [0.1, 0.15) is 102 Å². The van der Waals surface area contributed by atoms with Crippen molar-refractivity contribution >= 4 is 49.3 Å². The molecule has 1 unspecified atom stereocenters. The van der Waals surface area contributed by atoms with Gasteiger partial charge in [0.05, 0.1) is 32.5 Å². The van der Waals surface area contributed by atoms with Gasteiger partial charge in [-0.2, -0.15) is 0 Å². The van der Waals surface area contributed by atoms with Crippen LogP contribution in [0.25, 0.3) is 0 Å². The van der Waals surface area contributed by atoms with Crippen LogP contribution >= 0.6 is 7.82 Å². The number of phosphoric ester groups is 1. The van der Waals surface area contributed by atoms with E-state index in [-0.39, 0.29) is 24.9 Å². The number of Topliss-reactive ketones (excluding diaryl/α,β-unsaturated/α-hetero) is 1. The smallest absolute Gasteiger partial charge is 0.474 e. The molecule has 39 nitrogen and oxygen atoms in total. The number of nitrogens with two attached hydrogens (primary N) is 2. The van der Waals surface area contributed by atoms with Crippen LogP contribution < -0.4 is 27.4 Å². The van der Waals surface area contributed by atoms with Crippen LogP contribution in [0.2, 0.25) is 0 Å². The number of aliphatic hydroxyl groups excluding tert-OH is 10. The summed E-state index contributed by atoms with van der Waals surface area (Å²) >= 11 is 0. The van der Waals surface area contributed by atoms with E-state index < -0.39 is 240 Å². The largest absolute Gasteiger partial charge is 0.510 e. The van der Waals surface area contributed by atoms with E-state index in [1.165, 1.54) is 18.1 Å². The van der Waals surface area contributed by atoms with Gasteiger partial charge in [0.2, 0.25) is 17.7 Å². The lowest BCUT2D eigenvalue weighted by molar-refractivity contribution is -0.375. The minimum Gasteiger partial charge on any atom is -0.510 e. The molecule has 0 bridgehead atoms. The molecular formula is C69H108N5O34P. The molecule has 5 heterocycles. The zero-order valence-corrected chi connectivity index (χ0v) is 63.1. The summed E-state index contributed by atoms with van der Waals surface area (Å²) in [5, 5.41) is 139. The van der Waals surface area contributed by atoms with Crippen LogP contribution in [0, 0.1) is 5.41 Å². The fourth-order valence-corrected chi connectivity index (χ4v) is 13.5. The van der Waals surface area contributed by atoms with E-state index in [4.69, 9.17) is 72.6 Å². The number of aliphatic hydroxyl groups is 11. The first-order valence-corrected chi connectivity index (χ1v) is 36.9. The van der Waals surface area contributed by atoms with Crippen molar-refractivity contribution in [3.63, 3.8) is 0 Å². The second-order valence-electron chi connectivity index (χ2n) is 28.9. The first-order valence-electron chi connectivity index (χ1n) is 35.4. The Balaban J connectivity index is 1.25. The van der Waals surface area contributed by atoms with E-state index >= 15 is 0 Å². The van der Waals surface area contributed by atoms with E-state index in [0.717, 1.165) is 64.0 Å². The Bertz CT molecular complexity index is 3360. The molecule has 0 saturated carbocycles. The lowest BCUT2D eigenvalue weighted by Crippen LogP contribution is -2.72. The van der Waals surface area contributed by atoms with Crippen molar-refractivity contribution in [3.8, 4) is 0 Å². The van der Waals surface area contributed by atoms with Gasteiger partial charge in [0.25, 0.3) is 5.91 Å². The van der Waals surface area contributed by atoms with Gasteiger partial charge in [0.15, 0.2) is 67.8 Å². The number of aliphatic carboxylic acids is 1. The van der Waals surface area contributed by atoms with Crippen LogP contribution in [0.4, 0.5) is 4.79 Å².